The fourth-order valence-corrected chi connectivity index (χ4v) is 1.42. The van der Waals surface area contributed by atoms with Crippen LogP contribution in [0.15, 0.2) is 42.2 Å². The van der Waals surface area contributed by atoms with Crippen LogP contribution in [0, 0.1) is 0 Å². The van der Waals surface area contributed by atoms with Crippen LogP contribution in [0.3, 0.4) is 0 Å². The molecule has 0 fully saturated rings. The molecule has 0 unspecified atom stereocenters. The fourth-order valence-electron chi connectivity index (χ4n) is 1.42. The number of quaternary nitrogens is 1. The molecule has 0 N–H and O–H groups in total. The summed E-state index contributed by atoms with van der Waals surface area (Å²) in [4.78, 5) is 9.98. The highest BCUT2D eigenvalue weighted by atomic mass is 16.3. The molecule has 0 radical (unpaired) electrons. The molecule has 0 aromatic heterocycles. The van der Waals surface area contributed by atoms with Crippen LogP contribution in [0.5, 0.6) is 0 Å². The number of nitrogens with zero attached hydrogens (tertiary/aromatic N) is 1. The van der Waals surface area contributed by atoms with Gasteiger partial charge in [-0.1, -0.05) is 37.3 Å². The molecule has 1 aromatic rings. The highest BCUT2D eigenvalue weighted by Crippen LogP contribution is 2.05. The minimum absolute atomic E-state index is 0.187. The Morgan fingerprint density at radius 3 is 1.94 bits per heavy atom. The Labute approximate surface area is 110 Å². The third-order valence-electron chi connectivity index (χ3n) is 1.91. The van der Waals surface area contributed by atoms with E-state index in [-0.39, 0.29) is 11.5 Å². The summed E-state index contributed by atoms with van der Waals surface area (Å²) in [6, 6.07) is 10.6. The number of carbonyl (C=O) groups excluding carboxylic acids is 1. The summed E-state index contributed by atoms with van der Waals surface area (Å²) < 4.78 is 0.990. The van der Waals surface area contributed by atoms with Crippen molar-refractivity contribution < 1.29 is 14.4 Å². The molecule has 0 spiro atoms. The Morgan fingerprint density at radius 1 is 1.17 bits per heavy atom. The van der Waals surface area contributed by atoms with Crippen molar-refractivity contribution in [1.29, 1.82) is 0 Å². The first-order valence-corrected chi connectivity index (χ1v) is 5.91. The Hall–Kier alpha value is -1.61. The van der Waals surface area contributed by atoms with Gasteiger partial charge in [0.2, 0.25) is 0 Å². The van der Waals surface area contributed by atoms with Gasteiger partial charge in [-0.3, -0.25) is 4.79 Å². The zero-order chi connectivity index (χ0) is 14.2. The standard InChI is InChI=1S/C10H16N.C5H8O2/c1-11(2,3)9-10-7-5-4-6-8-10;1-4(6)3-5(2)7/h4-8H,9H2,1-3H3;3,6H,1-2H3/q+1;/p-1/b;4-3-. The van der Waals surface area contributed by atoms with E-state index >= 15 is 0 Å². The molecule has 1 rings (SSSR count). The van der Waals surface area contributed by atoms with Gasteiger partial charge in [0.15, 0.2) is 5.78 Å². The van der Waals surface area contributed by atoms with Crippen LogP contribution < -0.4 is 5.11 Å². The first kappa shape index (κ1) is 16.4. The predicted octanol–water partition coefficient (Wildman–Crippen LogP) is 1.73. The van der Waals surface area contributed by atoms with Gasteiger partial charge in [-0.25, -0.2) is 0 Å². The van der Waals surface area contributed by atoms with Gasteiger partial charge in [0, 0.05) is 5.56 Å². The largest absolute Gasteiger partial charge is 0.876 e. The maximum Gasteiger partial charge on any atom is 0.151 e. The maximum atomic E-state index is 9.98. The van der Waals surface area contributed by atoms with Crippen LogP contribution in [-0.4, -0.2) is 31.4 Å². The van der Waals surface area contributed by atoms with E-state index < -0.39 is 0 Å². The summed E-state index contributed by atoms with van der Waals surface area (Å²) in [5, 5.41) is 9.98. The van der Waals surface area contributed by atoms with Crippen molar-refractivity contribution in [3.05, 3.63) is 47.7 Å². The van der Waals surface area contributed by atoms with Gasteiger partial charge < -0.3 is 9.59 Å². The van der Waals surface area contributed by atoms with Crippen molar-refractivity contribution in [2.45, 2.75) is 20.4 Å². The van der Waals surface area contributed by atoms with E-state index in [1.165, 1.54) is 19.4 Å². The van der Waals surface area contributed by atoms with Gasteiger partial charge in [-0.2, -0.15) is 0 Å². The highest BCUT2D eigenvalue weighted by molar-refractivity contribution is 5.87. The number of hydrogen-bond donors (Lipinski definition) is 0. The molecular weight excluding hydrogens is 226 g/mol. The third-order valence-corrected chi connectivity index (χ3v) is 1.91. The molecule has 3 nitrogen and oxygen atoms in total. The summed E-state index contributed by atoms with van der Waals surface area (Å²) in [6.45, 7) is 3.80. The Bertz CT molecular complexity index is 385. The van der Waals surface area contributed by atoms with Crippen LogP contribution in [-0.2, 0) is 11.3 Å². The van der Waals surface area contributed by atoms with E-state index in [1.807, 2.05) is 0 Å². The van der Waals surface area contributed by atoms with Crippen LogP contribution >= 0.6 is 0 Å². The minimum atomic E-state index is -0.187. The Balaban J connectivity index is 0.000000360. The molecule has 0 saturated carbocycles. The molecule has 0 atom stereocenters. The SMILES string of the molecule is CC(=O)/C=C(/C)[O-].C[N+](C)(C)Cc1ccccc1. The van der Waals surface area contributed by atoms with Gasteiger partial charge in [-0.05, 0) is 13.0 Å². The van der Waals surface area contributed by atoms with Gasteiger partial charge in [0.1, 0.15) is 6.54 Å². The lowest BCUT2D eigenvalue weighted by atomic mass is 10.2. The molecule has 1 aromatic carbocycles. The Kier molecular flexibility index (Phi) is 6.98. The Morgan fingerprint density at radius 2 is 1.67 bits per heavy atom. The summed E-state index contributed by atoms with van der Waals surface area (Å²) in [7, 11) is 6.60. The molecule has 0 heterocycles. The molecule has 0 aliphatic rings. The van der Waals surface area contributed by atoms with Crippen LogP contribution in [0.2, 0.25) is 0 Å². The first-order chi connectivity index (χ1) is 8.20. The van der Waals surface area contributed by atoms with Crippen molar-refractivity contribution in [1.82, 2.24) is 0 Å². The summed E-state index contributed by atoms with van der Waals surface area (Å²) >= 11 is 0. The molecule has 3 heteroatoms. The first-order valence-electron chi connectivity index (χ1n) is 5.91. The zero-order valence-corrected chi connectivity index (χ0v) is 11.9. The molecule has 0 aliphatic heterocycles. The van der Waals surface area contributed by atoms with Gasteiger partial charge in [0.05, 0.1) is 21.1 Å². The molecule has 0 bridgehead atoms. The molecular formula is C15H23NO2. The van der Waals surface area contributed by atoms with Crippen molar-refractivity contribution in [2.75, 3.05) is 21.1 Å². The molecule has 0 amide bonds. The lowest BCUT2D eigenvalue weighted by Crippen LogP contribution is -2.33. The second kappa shape index (κ2) is 7.67. The highest BCUT2D eigenvalue weighted by Gasteiger charge is 2.06. The average Bonchev–Trinajstić information content (AvgIpc) is 2.14. The van der Waals surface area contributed by atoms with Crippen LogP contribution in [0.4, 0.5) is 0 Å². The summed E-state index contributed by atoms with van der Waals surface area (Å²) in [6.07, 6.45) is 1.06. The zero-order valence-electron chi connectivity index (χ0n) is 11.9. The van der Waals surface area contributed by atoms with Gasteiger partial charge in [0.25, 0.3) is 0 Å². The second-order valence-electron chi connectivity index (χ2n) is 5.30. The molecule has 0 aliphatic carbocycles. The van der Waals surface area contributed by atoms with Crippen molar-refractivity contribution >= 4 is 5.78 Å². The van der Waals surface area contributed by atoms with Crippen molar-refractivity contribution in [3.8, 4) is 0 Å². The van der Waals surface area contributed by atoms with E-state index in [2.05, 4.69) is 51.5 Å². The number of carbonyl (C=O) groups is 1. The van der Waals surface area contributed by atoms with Crippen LogP contribution in [0.1, 0.15) is 19.4 Å². The number of benzene rings is 1. The minimum Gasteiger partial charge on any atom is -0.876 e. The molecule has 0 saturated heterocycles. The fraction of sp³-hybridized carbons (Fsp3) is 0.400. The van der Waals surface area contributed by atoms with E-state index in [0.29, 0.717) is 0 Å². The predicted molar refractivity (Wildman–Crippen MR) is 72.6 cm³/mol. The number of hydrogen-bond acceptors (Lipinski definition) is 2. The molecule has 18 heavy (non-hydrogen) atoms. The maximum absolute atomic E-state index is 9.98. The lowest BCUT2D eigenvalue weighted by Gasteiger charge is -2.23. The van der Waals surface area contributed by atoms with Crippen molar-refractivity contribution in [3.63, 3.8) is 0 Å². The lowest BCUT2D eigenvalue weighted by molar-refractivity contribution is -0.884. The topological polar surface area (TPSA) is 40.1 Å². The smallest absolute Gasteiger partial charge is 0.151 e. The number of ketones is 1. The molecule has 100 valence electrons. The van der Waals surface area contributed by atoms with E-state index in [1.54, 1.807) is 0 Å². The number of rotatable bonds is 3. The third kappa shape index (κ3) is 10.9. The monoisotopic (exact) mass is 249 g/mol. The normalized spacial score (nSPS) is 11.5. The average molecular weight is 249 g/mol. The summed E-state index contributed by atoms with van der Waals surface area (Å²) in [5.41, 5.74) is 1.40. The second-order valence-corrected chi connectivity index (χ2v) is 5.30. The van der Waals surface area contributed by atoms with E-state index in [0.717, 1.165) is 17.1 Å². The van der Waals surface area contributed by atoms with Gasteiger partial charge >= 0.3 is 0 Å². The van der Waals surface area contributed by atoms with E-state index in [9.17, 15) is 9.90 Å². The van der Waals surface area contributed by atoms with Crippen molar-refractivity contribution in [2.24, 2.45) is 0 Å². The number of allylic oxidation sites excluding steroid dienone is 2. The quantitative estimate of drug-likeness (QED) is 0.465. The van der Waals surface area contributed by atoms with Gasteiger partial charge in [-0.15, -0.1) is 5.76 Å². The van der Waals surface area contributed by atoms with E-state index in [4.69, 9.17) is 0 Å². The summed E-state index contributed by atoms with van der Waals surface area (Å²) in [5.74, 6) is -0.375. The van der Waals surface area contributed by atoms with Crippen LogP contribution in [0.25, 0.3) is 0 Å².